The normalized spacial score (nSPS) is 15.4. The molecule has 0 spiro atoms. The first-order valence-corrected chi connectivity index (χ1v) is 6.97. The number of carboxylic acids is 1. The summed E-state index contributed by atoms with van der Waals surface area (Å²) in [4.78, 5) is 29.4. The number of rotatable bonds is 9. The molecule has 2 amide bonds. The van der Waals surface area contributed by atoms with Gasteiger partial charge in [-0.3, -0.25) is 0 Å². The van der Waals surface area contributed by atoms with Gasteiger partial charge in [0.25, 0.3) is 0 Å². The lowest BCUT2D eigenvalue weighted by molar-refractivity contribution is -0.139. The Morgan fingerprint density at radius 2 is 2.33 bits per heavy atom. The van der Waals surface area contributed by atoms with E-state index in [9.17, 15) is 9.59 Å². The van der Waals surface area contributed by atoms with Gasteiger partial charge in [-0.05, 0) is 18.8 Å². The molecule has 2 rings (SSSR count). The number of nitrogens with zero attached hydrogens (tertiary/aromatic N) is 1. The predicted molar refractivity (Wildman–Crippen MR) is 73.8 cm³/mol. The quantitative estimate of drug-likeness (QED) is 0.483. The largest absolute Gasteiger partial charge is 0.480 e. The number of hydrogen-bond donors (Lipinski definition) is 4. The van der Waals surface area contributed by atoms with Gasteiger partial charge in [-0.15, -0.1) is 0 Å². The van der Waals surface area contributed by atoms with Gasteiger partial charge in [0.1, 0.15) is 6.04 Å². The van der Waals surface area contributed by atoms with Gasteiger partial charge in [-0.1, -0.05) is 0 Å². The van der Waals surface area contributed by atoms with Gasteiger partial charge in [0.05, 0.1) is 12.9 Å². The summed E-state index contributed by atoms with van der Waals surface area (Å²) in [7, 11) is 0. The first kappa shape index (κ1) is 15.3. The summed E-state index contributed by atoms with van der Waals surface area (Å²) in [5.74, 6) is -0.408. The summed E-state index contributed by atoms with van der Waals surface area (Å²) in [6, 6.07) is -1.52. The molecule has 0 saturated heterocycles. The van der Waals surface area contributed by atoms with E-state index >= 15 is 0 Å². The molecule has 1 aromatic heterocycles. The molecule has 116 valence electrons. The lowest BCUT2D eigenvalue weighted by Gasteiger charge is -2.14. The number of carboxylic acid groups (broad SMARTS) is 1. The van der Waals surface area contributed by atoms with E-state index < -0.39 is 18.0 Å². The van der Waals surface area contributed by atoms with Crippen LogP contribution in [0.1, 0.15) is 18.5 Å². The van der Waals surface area contributed by atoms with Crippen LogP contribution in [-0.2, 0) is 16.0 Å². The van der Waals surface area contributed by atoms with Crippen molar-refractivity contribution in [3.05, 3.63) is 18.2 Å². The molecule has 0 aliphatic heterocycles. The average Bonchev–Trinajstić information content (AvgIpc) is 3.12. The second-order valence-corrected chi connectivity index (χ2v) is 5.09. The Morgan fingerprint density at radius 1 is 1.52 bits per heavy atom. The molecular weight excluding hydrogens is 276 g/mol. The molecule has 0 unspecified atom stereocenters. The standard InChI is InChI=1S/C13H20N4O4/c18-12(19)11(5-10-6-14-8-16-10)17-13(20)15-3-4-21-7-9-1-2-9/h6,8-9,11H,1-5,7H2,(H,14,16)(H,18,19)(H2,15,17,20)/t11-/m0/s1. The van der Waals surface area contributed by atoms with E-state index in [4.69, 9.17) is 9.84 Å². The molecule has 1 aliphatic rings. The number of H-pyrrole nitrogens is 1. The van der Waals surface area contributed by atoms with Gasteiger partial charge in [-0.2, -0.15) is 0 Å². The van der Waals surface area contributed by atoms with Crippen molar-refractivity contribution < 1.29 is 19.4 Å². The minimum Gasteiger partial charge on any atom is -0.480 e. The van der Waals surface area contributed by atoms with Crippen molar-refractivity contribution in [2.24, 2.45) is 5.92 Å². The van der Waals surface area contributed by atoms with E-state index in [2.05, 4.69) is 20.6 Å². The predicted octanol–water partition coefficient (Wildman–Crippen LogP) is 0.131. The number of hydrogen-bond acceptors (Lipinski definition) is 4. The van der Waals surface area contributed by atoms with Crippen LogP contribution >= 0.6 is 0 Å². The maximum atomic E-state index is 11.6. The van der Waals surface area contributed by atoms with E-state index in [0.29, 0.717) is 24.8 Å². The SMILES string of the molecule is O=C(NCCOCC1CC1)N[C@@H](Cc1cnc[nH]1)C(=O)O. The van der Waals surface area contributed by atoms with Gasteiger partial charge in [0, 0.05) is 31.5 Å². The fourth-order valence-electron chi connectivity index (χ4n) is 1.80. The first-order valence-electron chi connectivity index (χ1n) is 6.97. The molecule has 0 aromatic carbocycles. The number of aromatic nitrogens is 2. The van der Waals surface area contributed by atoms with Crippen molar-refractivity contribution in [2.45, 2.75) is 25.3 Å². The smallest absolute Gasteiger partial charge is 0.326 e. The second kappa shape index (κ2) is 7.63. The highest BCUT2D eigenvalue weighted by atomic mass is 16.5. The van der Waals surface area contributed by atoms with Crippen LogP contribution < -0.4 is 10.6 Å². The van der Waals surface area contributed by atoms with Crippen LogP contribution in [0.4, 0.5) is 4.79 Å². The molecule has 4 N–H and O–H groups in total. The molecule has 0 radical (unpaired) electrons. The van der Waals surface area contributed by atoms with Crippen molar-refractivity contribution >= 4 is 12.0 Å². The van der Waals surface area contributed by atoms with Crippen LogP contribution in [-0.4, -0.2) is 52.9 Å². The Bertz CT molecular complexity index is 459. The molecule has 1 saturated carbocycles. The first-order chi connectivity index (χ1) is 10.1. The lowest BCUT2D eigenvalue weighted by Crippen LogP contribution is -2.47. The molecule has 21 heavy (non-hydrogen) atoms. The average molecular weight is 296 g/mol. The zero-order valence-electron chi connectivity index (χ0n) is 11.7. The summed E-state index contributed by atoms with van der Waals surface area (Å²) >= 11 is 0. The van der Waals surface area contributed by atoms with Crippen LogP contribution in [0.15, 0.2) is 12.5 Å². The van der Waals surface area contributed by atoms with Crippen molar-refractivity contribution in [3.8, 4) is 0 Å². The third kappa shape index (κ3) is 5.82. The van der Waals surface area contributed by atoms with E-state index in [1.54, 1.807) is 0 Å². The number of carbonyl (C=O) groups is 2. The molecule has 1 fully saturated rings. The number of aliphatic carboxylic acids is 1. The van der Waals surface area contributed by atoms with Crippen LogP contribution in [0.5, 0.6) is 0 Å². The van der Waals surface area contributed by atoms with Crippen LogP contribution in [0.25, 0.3) is 0 Å². The number of carbonyl (C=O) groups excluding carboxylic acids is 1. The van der Waals surface area contributed by atoms with Gasteiger partial charge in [0.2, 0.25) is 0 Å². The third-order valence-electron chi connectivity index (χ3n) is 3.16. The highest BCUT2D eigenvalue weighted by Gasteiger charge is 2.22. The van der Waals surface area contributed by atoms with Crippen LogP contribution in [0.2, 0.25) is 0 Å². The Labute approximate surface area is 122 Å². The molecule has 0 bridgehead atoms. The summed E-state index contributed by atoms with van der Waals surface area (Å²) in [5.41, 5.74) is 0.649. The molecule has 8 nitrogen and oxygen atoms in total. The van der Waals surface area contributed by atoms with Gasteiger partial charge < -0.3 is 25.5 Å². The van der Waals surface area contributed by atoms with Crippen molar-refractivity contribution in [1.29, 1.82) is 0 Å². The van der Waals surface area contributed by atoms with Crippen molar-refractivity contribution in [3.63, 3.8) is 0 Å². The zero-order valence-corrected chi connectivity index (χ0v) is 11.7. The molecule has 1 aromatic rings. The molecule has 8 heteroatoms. The van der Waals surface area contributed by atoms with Gasteiger partial charge >= 0.3 is 12.0 Å². The maximum Gasteiger partial charge on any atom is 0.326 e. The van der Waals surface area contributed by atoms with Crippen molar-refractivity contribution in [2.75, 3.05) is 19.8 Å². The summed E-state index contributed by atoms with van der Waals surface area (Å²) in [5, 5.41) is 14.1. The Kier molecular flexibility index (Phi) is 5.56. The fraction of sp³-hybridized carbons (Fsp3) is 0.615. The highest BCUT2D eigenvalue weighted by molar-refractivity contribution is 5.82. The van der Waals surface area contributed by atoms with E-state index in [1.165, 1.54) is 25.4 Å². The van der Waals surface area contributed by atoms with E-state index in [1.807, 2.05) is 0 Å². The highest BCUT2D eigenvalue weighted by Crippen LogP contribution is 2.28. The Morgan fingerprint density at radius 3 is 2.95 bits per heavy atom. The zero-order chi connectivity index (χ0) is 15.1. The fourth-order valence-corrected chi connectivity index (χ4v) is 1.80. The topological polar surface area (TPSA) is 116 Å². The number of amides is 2. The summed E-state index contributed by atoms with van der Waals surface area (Å²) < 4.78 is 5.37. The Balaban J connectivity index is 1.64. The van der Waals surface area contributed by atoms with Crippen LogP contribution in [0, 0.1) is 5.92 Å². The minimum absolute atomic E-state index is 0.154. The number of aromatic amines is 1. The number of imidazole rings is 1. The lowest BCUT2D eigenvalue weighted by atomic mass is 10.2. The summed E-state index contributed by atoms with van der Waals surface area (Å²) in [6.45, 7) is 1.53. The molecule has 1 atom stereocenters. The third-order valence-corrected chi connectivity index (χ3v) is 3.16. The van der Waals surface area contributed by atoms with Gasteiger partial charge in [0.15, 0.2) is 0 Å². The second-order valence-electron chi connectivity index (χ2n) is 5.09. The maximum absolute atomic E-state index is 11.6. The Hall–Kier alpha value is -2.09. The number of urea groups is 1. The monoisotopic (exact) mass is 296 g/mol. The van der Waals surface area contributed by atoms with E-state index in [-0.39, 0.29) is 6.42 Å². The number of ether oxygens (including phenoxy) is 1. The molecular formula is C13H20N4O4. The van der Waals surface area contributed by atoms with Crippen LogP contribution in [0.3, 0.4) is 0 Å². The van der Waals surface area contributed by atoms with Gasteiger partial charge in [-0.25, -0.2) is 14.6 Å². The van der Waals surface area contributed by atoms with E-state index in [0.717, 1.165) is 6.61 Å². The minimum atomic E-state index is -1.09. The summed E-state index contributed by atoms with van der Waals surface area (Å²) in [6.07, 6.45) is 5.59. The number of nitrogens with one attached hydrogen (secondary N) is 3. The van der Waals surface area contributed by atoms with Crippen molar-refractivity contribution in [1.82, 2.24) is 20.6 Å². The molecule has 1 heterocycles. The molecule has 1 aliphatic carbocycles.